The number of amides is 2. The highest BCUT2D eigenvalue weighted by atomic mass is 35.5. The first-order valence-electron chi connectivity index (χ1n) is 7.17. The quantitative estimate of drug-likeness (QED) is 0.838. The maximum atomic E-state index is 12.1. The number of nitrogens with two attached hydrogens (primary N) is 1. The van der Waals surface area contributed by atoms with Crippen molar-refractivity contribution in [1.29, 1.82) is 0 Å². The summed E-state index contributed by atoms with van der Waals surface area (Å²) in [6, 6.07) is 6.62. The van der Waals surface area contributed by atoms with Crippen LogP contribution in [0.25, 0.3) is 0 Å². The third kappa shape index (κ3) is 6.03. The molecule has 1 aromatic rings. The molecule has 0 aliphatic carbocycles. The summed E-state index contributed by atoms with van der Waals surface area (Å²) in [5.74, 6) is 0.232. The average molecular weight is 328 g/mol. The first-order chi connectivity index (χ1) is 9.85. The largest absolute Gasteiger partial charge is 0.348 e. The Kier molecular flexibility index (Phi) is 8.75. The molecule has 1 rings (SSSR count). The molecule has 0 radical (unpaired) electrons. The molecule has 3 N–H and O–H groups in total. The zero-order chi connectivity index (χ0) is 16.0. The van der Waals surface area contributed by atoms with Gasteiger partial charge in [-0.25, -0.2) is 0 Å². The summed E-state index contributed by atoms with van der Waals surface area (Å²) in [4.78, 5) is 25.4. The van der Waals surface area contributed by atoms with Crippen LogP contribution in [0.1, 0.15) is 41.0 Å². The highest BCUT2D eigenvalue weighted by Crippen LogP contribution is 2.08. The first-order valence-corrected chi connectivity index (χ1v) is 7.17. The molecule has 0 aliphatic heterocycles. The second-order valence-corrected chi connectivity index (χ2v) is 5.81. The summed E-state index contributed by atoms with van der Waals surface area (Å²) < 4.78 is 0. The molecule has 1 atom stereocenters. The van der Waals surface area contributed by atoms with Crippen LogP contribution >= 0.6 is 12.4 Å². The first kappa shape index (κ1) is 20.4. The van der Waals surface area contributed by atoms with Crippen molar-refractivity contribution >= 4 is 24.2 Å². The van der Waals surface area contributed by atoms with Gasteiger partial charge in [-0.1, -0.05) is 13.8 Å². The minimum Gasteiger partial charge on any atom is -0.348 e. The predicted octanol–water partition coefficient (Wildman–Crippen LogP) is 1.91. The molecule has 0 saturated carbocycles. The lowest BCUT2D eigenvalue weighted by Crippen LogP contribution is -2.41. The lowest BCUT2D eigenvalue weighted by molar-refractivity contribution is 0.0826. The Bertz CT molecular complexity index is 487. The van der Waals surface area contributed by atoms with E-state index in [0.717, 1.165) is 6.42 Å². The standard InChI is InChI=1S/C16H25N3O2.ClH/c1-11(2)9-14(10-17)18-15(20)12-5-7-13(8-6-12)16(21)19(3)4;/h5-8,11,14H,9-10,17H2,1-4H3,(H,18,20);1H. The van der Waals surface area contributed by atoms with Gasteiger partial charge in [-0.3, -0.25) is 9.59 Å². The van der Waals surface area contributed by atoms with Gasteiger partial charge in [-0.2, -0.15) is 0 Å². The van der Waals surface area contributed by atoms with Crippen LogP contribution in [-0.2, 0) is 0 Å². The van der Waals surface area contributed by atoms with E-state index in [1.165, 1.54) is 4.90 Å². The second-order valence-electron chi connectivity index (χ2n) is 5.81. The molecule has 0 aliphatic rings. The van der Waals surface area contributed by atoms with Crippen LogP contribution in [0.3, 0.4) is 0 Å². The molecule has 0 heterocycles. The molecule has 6 heteroatoms. The van der Waals surface area contributed by atoms with Gasteiger partial charge >= 0.3 is 0 Å². The van der Waals surface area contributed by atoms with Crippen molar-refractivity contribution < 1.29 is 9.59 Å². The highest BCUT2D eigenvalue weighted by Gasteiger charge is 2.14. The van der Waals surface area contributed by atoms with Gasteiger partial charge in [0.05, 0.1) is 0 Å². The molecular formula is C16H26ClN3O2. The molecule has 2 amide bonds. The fraction of sp³-hybridized carbons (Fsp3) is 0.500. The van der Waals surface area contributed by atoms with Crippen LogP contribution in [-0.4, -0.2) is 43.4 Å². The van der Waals surface area contributed by atoms with Gasteiger partial charge in [-0.05, 0) is 36.6 Å². The Balaban J connectivity index is 0.00000441. The monoisotopic (exact) mass is 327 g/mol. The van der Waals surface area contributed by atoms with Gasteiger partial charge in [0, 0.05) is 37.8 Å². The summed E-state index contributed by atoms with van der Waals surface area (Å²) in [6.45, 7) is 4.61. The van der Waals surface area contributed by atoms with Gasteiger partial charge in [0.25, 0.3) is 11.8 Å². The fourth-order valence-corrected chi connectivity index (χ4v) is 2.07. The number of carbonyl (C=O) groups excluding carboxylic acids is 2. The van der Waals surface area contributed by atoms with E-state index in [1.54, 1.807) is 38.4 Å². The predicted molar refractivity (Wildman–Crippen MR) is 91.5 cm³/mol. The minimum atomic E-state index is -0.157. The number of halogens is 1. The Morgan fingerprint density at radius 1 is 1.14 bits per heavy atom. The average Bonchev–Trinajstić information content (AvgIpc) is 2.45. The maximum Gasteiger partial charge on any atom is 0.253 e. The lowest BCUT2D eigenvalue weighted by Gasteiger charge is -2.19. The Hall–Kier alpha value is -1.59. The molecule has 22 heavy (non-hydrogen) atoms. The van der Waals surface area contributed by atoms with Gasteiger partial charge in [0.2, 0.25) is 0 Å². The number of benzene rings is 1. The van der Waals surface area contributed by atoms with Gasteiger partial charge < -0.3 is 16.0 Å². The van der Waals surface area contributed by atoms with E-state index in [0.29, 0.717) is 23.6 Å². The van der Waals surface area contributed by atoms with Gasteiger partial charge in [0.1, 0.15) is 0 Å². The van der Waals surface area contributed by atoms with E-state index in [1.807, 2.05) is 0 Å². The SMILES string of the molecule is CC(C)CC(CN)NC(=O)c1ccc(C(=O)N(C)C)cc1.Cl. The van der Waals surface area contributed by atoms with Gasteiger partial charge in [-0.15, -0.1) is 12.4 Å². The third-order valence-electron chi connectivity index (χ3n) is 3.18. The zero-order valence-electron chi connectivity index (χ0n) is 13.6. The molecule has 1 aromatic carbocycles. The summed E-state index contributed by atoms with van der Waals surface area (Å²) in [6.07, 6.45) is 0.847. The Labute approximate surface area is 138 Å². The van der Waals surface area contributed by atoms with Crippen molar-refractivity contribution in [2.75, 3.05) is 20.6 Å². The topological polar surface area (TPSA) is 75.4 Å². The summed E-state index contributed by atoms with van der Waals surface area (Å²) in [5.41, 5.74) is 6.78. The third-order valence-corrected chi connectivity index (χ3v) is 3.18. The van der Waals surface area contributed by atoms with Crippen molar-refractivity contribution in [3.63, 3.8) is 0 Å². The van der Waals surface area contributed by atoms with E-state index < -0.39 is 0 Å². The fourth-order valence-electron chi connectivity index (χ4n) is 2.07. The van der Waals surface area contributed by atoms with Gasteiger partial charge in [0.15, 0.2) is 0 Å². The normalized spacial score (nSPS) is 11.5. The molecule has 1 unspecified atom stereocenters. The summed E-state index contributed by atoms with van der Waals surface area (Å²) >= 11 is 0. The van der Waals surface area contributed by atoms with Crippen LogP contribution in [0.15, 0.2) is 24.3 Å². The highest BCUT2D eigenvalue weighted by molar-refractivity contribution is 5.97. The Morgan fingerprint density at radius 2 is 1.64 bits per heavy atom. The van der Waals surface area contributed by atoms with E-state index >= 15 is 0 Å². The lowest BCUT2D eigenvalue weighted by atomic mass is 10.0. The minimum absolute atomic E-state index is 0. The number of carbonyl (C=O) groups is 2. The molecule has 124 valence electrons. The summed E-state index contributed by atoms with van der Waals surface area (Å²) in [7, 11) is 3.39. The number of hydrogen-bond acceptors (Lipinski definition) is 3. The van der Waals surface area contributed by atoms with Crippen molar-refractivity contribution in [2.45, 2.75) is 26.3 Å². The maximum absolute atomic E-state index is 12.1. The van der Waals surface area contributed by atoms with Crippen molar-refractivity contribution in [3.05, 3.63) is 35.4 Å². The molecule has 0 fully saturated rings. The number of hydrogen-bond donors (Lipinski definition) is 2. The van der Waals surface area contributed by atoms with E-state index in [9.17, 15) is 9.59 Å². The molecule has 0 bridgehead atoms. The summed E-state index contributed by atoms with van der Waals surface area (Å²) in [5, 5.41) is 2.93. The van der Waals surface area contributed by atoms with E-state index in [4.69, 9.17) is 5.73 Å². The molecular weight excluding hydrogens is 302 g/mol. The molecule has 0 aromatic heterocycles. The van der Waals surface area contributed by atoms with Crippen molar-refractivity contribution in [1.82, 2.24) is 10.2 Å². The van der Waals surface area contributed by atoms with Crippen LogP contribution in [0, 0.1) is 5.92 Å². The molecule has 5 nitrogen and oxygen atoms in total. The van der Waals surface area contributed by atoms with Crippen LogP contribution in [0.5, 0.6) is 0 Å². The van der Waals surface area contributed by atoms with Crippen molar-refractivity contribution in [2.24, 2.45) is 11.7 Å². The number of rotatable bonds is 6. The Morgan fingerprint density at radius 3 is 2.05 bits per heavy atom. The van der Waals surface area contributed by atoms with Crippen LogP contribution in [0.2, 0.25) is 0 Å². The van der Waals surface area contributed by atoms with E-state index in [-0.39, 0.29) is 30.3 Å². The van der Waals surface area contributed by atoms with E-state index in [2.05, 4.69) is 19.2 Å². The number of nitrogens with one attached hydrogen (secondary N) is 1. The number of nitrogens with zero attached hydrogens (tertiary/aromatic N) is 1. The second kappa shape index (κ2) is 9.43. The van der Waals surface area contributed by atoms with Crippen LogP contribution in [0.4, 0.5) is 0 Å². The smallest absolute Gasteiger partial charge is 0.253 e. The van der Waals surface area contributed by atoms with Crippen molar-refractivity contribution in [3.8, 4) is 0 Å². The molecule has 0 saturated heterocycles. The zero-order valence-corrected chi connectivity index (χ0v) is 14.4. The molecule has 0 spiro atoms. The van der Waals surface area contributed by atoms with Crippen LogP contribution < -0.4 is 11.1 Å².